The summed E-state index contributed by atoms with van der Waals surface area (Å²) in [6.07, 6.45) is 3.30. The van der Waals surface area contributed by atoms with Crippen LogP contribution in [0.4, 0.5) is 0 Å². The second-order valence-electron chi connectivity index (χ2n) is 5.69. The van der Waals surface area contributed by atoms with E-state index >= 15 is 0 Å². The number of aryl methyl sites for hydroxylation is 1. The van der Waals surface area contributed by atoms with Gasteiger partial charge in [-0.05, 0) is 26.3 Å². The zero-order chi connectivity index (χ0) is 16.3. The third-order valence-electron chi connectivity index (χ3n) is 3.86. The molecule has 0 bridgehead atoms. The number of hydrogen-bond donors (Lipinski definition) is 2. The van der Waals surface area contributed by atoms with E-state index in [-0.39, 0.29) is 24.0 Å². The van der Waals surface area contributed by atoms with Crippen molar-refractivity contribution < 1.29 is 4.74 Å². The van der Waals surface area contributed by atoms with Crippen LogP contribution >= 0.6 is 35.3 Å². The minimum Gasteiger partial charge on any atom is -0.379 e. The third-order valence-corrected chi connectivity index (χ3v) is 4.68. The summed E-state index contributed by atoms with van der Waals surface area (Å²) in [5.74, 6) is 0.878. The highest BCUT2D eigenvalue weighted by Gasteiger charge is 2.09. The van der Waals surface area contributed by atoms with E-state index in [4.69, 9.17) is 4.74 Å². The molecule has 0 radical (unpaired) electrons. The van der Waals surface area contributed by atoms with E-state index in [1.54, 1.807) is 11.3 Å². The number of nitrogens with zero attached hydrogens (tertiary/aromatic N) is 3. The standard InChI is InChI=1S/C16H29N5OS.HI/c1-14-20-15(13-23-14)5-7-19-16(17-2)18-6-3-4-8-21-9-11-22-12-10-21;/h13H,3-12H2,1-2H3,(H2,17,18,19);1H. The van der Waals surface area contributed by atoms with Gasteiger partial charge in [-0.15, -0.1) is 35.3 Å². The Labute approximate surface area is 166 Å². The largest absolute Gasteiger partial charge is 0.379 e. The molecular weight excluding hydrogens is 437 g/mol. The third kappa shape index (κ3) is 8.59. The SMILES string of the molecule is CN=C(NCCCCN1CCOCC1)NCCc1csc(C)n1.I. The molecule has 0 spiro atoms. The Morgan fingerprint density at radius 2 is 2.04 bits per heavy atom. The summed E-state index contributed by atoms with van der Waals surface area (Å²) in [6.45, 7) is 8.94. The zero-order valence-corrected chi connectivity index (χ0v) is 17.9. The fourth-order valence-corrected chi connectivity index (χ4v) is 3.19. The van der Waals surface area contributed by atoms with Crippen LogP contribution < -0.4 is 10.6 Å². The zero-order valence-electron chi connectivity index (χ0n) is 14.7. The lowest BCUT2D eigenvalue weighted by molar-refractivity contribution is 0.0372. The average Bonchev–Trinajstić information content (AvgIpc) is 2.99. The van der Waals surface area contributed by atoms with Gasteiger partial charge in [0.05, 0.1) is 23.9 Å². The molecule has 138 valence electrons. The Bertz CT molecular complexity index is 477. The van der Waals surface area contributed by atoms with Gasteiger partial charge >= 0.3 is 0 Å². The molecule has 1 aromatic rings. The van der Waals surface area contributed by atoms with Crippen molar-refractivity contribution in [2.24, 2.45) is 4.99 Å². The summed E-state index contributed by atoms with van der Waals surface area (Å²) in [6, 6.07) is 0. The fourth-order valence-electron chi connectivity index (χ4n) is 2.54. The highest BCUT2D eigenvalue weighted by atomic mass is 127. The van der Waals surface area contributed by atoms with Crippen molar-refractivity contribution in [2.75, 3.05) is 53.0 Å². The van der Waals surface area contributed by atoms with Crippen LogP contribution in [0.15, 0.2) is 10.4 Å². The molecule has 1 aliphatic rings. The summed E-state index contributed by atoms with van der Waals surface area (Å²) in [5.41, 5.74) is 1.15. The molecular formula is C16H30IN5OS. The first-order chi connectivity index (χ1) is 11.3. The van der Waals surface area contributed by atoms with Crippen LogP contribution in [0.3, 0.4) is 0 Å². The van der Waals surface area contributed by atoms with Gasteiger partial charge in [-0.2, -0.15) is 0 Å². The minimum absolute atomic E-state index is 0. The van der Waals surface area contributed by atoms with Crippen molar-refractivity contribution in [1.29, 1.82) is 0 Å². The molecule has 8 heteroatoms. The Kier molecular flexibility index (Phi) is 11.6. The van der Waals surface area contributed by atoms with Crippen molar-refractivity contribution >= 4 is 41.3 Å². The predicted molar refractivity (Wildman–Crippen MR) is 112 cm³/mol. The van der Waals surface area contributed by atoms with Gasteiger partial charge in [0, 0.05) is 45.0 Å². The highest BCUT2D eigenvalue weighted by Crippen LogP contribution is 2.07. The second-order valence-corrected chi connectivity index (χ2v) is 6.76. The van der Waals surface area contributed by atoms with E-state index in [1.165, 1.54) is 13.0 Å². The van der Waals surface area contributed by atoms with Crippen molar-refractivity contribution in [3.63, 3.8) is 0 Å². The molecule has 0 unspecified atom stereocenters. The lowest BCUT2D eigenvalue weighted by Crippen LogP contribution is -2.39. The normalized spacial score (nSPS) is 15.8. The molecule has 0 amide bonds. The first-order valence-electron chi connectivity index (χ1n) is 8.43. The second kappa shape index (κ2) is 12.8. The lowest BCUT2D eigenvalue weighted by Gasteiger charge is -2.26. The molecule has 1 aromatic heterocycles. The number of aromatic nitrogens is 1. The van der Waals surface area contributed by atoms with Gasteiger partial charge in [0.15, 0.2) is 5.96 Å². The first kappa shape index (κ1) is 21.6. The number of ether oxygens (including phenoxy) is 1. The smallest absolute Gasteiger partial charge is 0.190 e. The molecule has 0 atom stereocenters. The number of thiazole rings is 1. The van der Waals surface area contributed by atoms with Gasteiger partial charge in [-0.1, -0.05) is 0 Å². The molecule has 0 aromatic carbocycles. The Balaban J connectivity index is 0.00000288. The lowest BCUT2D eigenvalue weighted by atomic mass is 10.2. The molecule has 6 nitrogen and oxygen atoms in total. The van der Waals surface area contributed by atoms with Crippen LogP contribution in [-0.2, 0) is 11.2 Å². The number of nitrogens with one attached hydrogen (secondary N) is 2. The van der Waals surface area contributed by atoms with Crippen LogP contribution in [0.2, 0.25) is 0 Å². The number of rotatable bonds is 8. The van der Waals surface area contributed by atoms with E-state index in [1.807, 2.05) is 14.0 Å². The molecule has 2 rings (SSSR count). The number of unbranched alkanes of at least 4 members (excludes halogenated alkanes) is 1. The van der Waals surface area contributed by atoms with Gasteiger partial charge in [-0.3, -0.25) is 9.89 Å². The van der Waals surface area contributed by atoms with Crippen LogP contribution in [-0.4, -0.2) is 68.8 Å². The highest BCUT2D eigenvalue weighted by molar-refractivity contribution is 14.0. The van der Waals surface area contributed by atoms with Crippen molar-refractivity contribution in [2.45, 2.75) is 26.2 Å². The number of guanidine groups is 1. The average molecular weight is 467 g/mol. The van der Waals surface area contributed by atoms with Crippen molar-refractivity contribution in [1.82, 2.24) is 20.5 Å². The first-order valence-corrected chi connectivity index (χ1v) is 9.31. The monoisotopic (exact) mass is 467 g/mol. The number of hydrogen-bond acceptors (Lipinski definition) is 5. The Hall–Kier alpha value is -0.450. The van der Waals surface area contributed by atoms with Gasteiger partial charge in [0.1, 0.15) is 0 Å². The van der Waals surface area contributed by atoms with E-state index < -0.39 is 0 Å². The predicted octanol–water partition coefficient (Wildman–Crippen LogP) is 1.89. The molecule has 0 aliphatic carbocycles. The maximum Gasteiger partial charge on any atom is 0.190 e. The van der Waals surface area contributed by atoms with Crippen LogP contribution in [0.1, 0.15) is 23.5 Å². The molecule has 0 saturated carbocycles. The summed E-state index contributed by atoms with van der Waals surface area (Å²) >= 11 is 1.70. The van der Waals surface area contributed by atoms with E-state index in [2.05, 4.69) is 30.9 Å². The maximum atomic E-state index is 5.36. The minimum atomic E-state index is 0. The molecule has 1 fully saturated rings. The van der Waals surface area contributed by atoms with Gasteiger partial charge in [-0.25, -0.2) is 4.98 Å². The van der Waals surface area contributed by atoms with E-state index in [0.717, 1.165) is 68.9 Å². The van der Waals surface area contributed by atoms with E-state index in [9.17, 15) is 0 Å². The molecule has 24 heavy (non-hydrogen) atoms. The van der Waals surface area contributed by atoms with Gasteiger partial charge in [0.25, 0.3) is 0 Å². The van der Waals surface area contributed by atoms with Crippen LogP contribution in [0, 0.1) is 6.92 Å². The van der Waals surface area contributed by atoms with Crippen molar-refractivity contribution in [3.8, 4) is 0 Å². The fraction of sp³-hybridized carbons (Fsp3) is 0.750. The van der Waals surface area contributed by atoms with E-state index in [0.29, 0.717) is 0 Å². The quantitative estimate of drug-likeness (QED) is 0.265. The summed E-state index contributed by atoms with van der Waals surface area (Å²) < 4.78 is 5.36. The van der Waals surface area contributed by atoms with Crippen LogP contribution in [0.25, 0.3) is 0 Å². The number of morpholine rings is 1. The van der Waals surface area contributed by atoms with Gasteiger partial charge in [0.2, 0.25) is 0 Å². The molecule has 1 saturated heterocycles. The summed E-state index contributed by atoms with van der Waals surface area (Å²) in [7, 11) is 1.82. The molecule has 2 N–H and O–H groups in total. The number of aliphatic imine (C=N–C) groups is 1. The molecule has 2 heterocycles. The van der Waals surface area contributed by atoms with Crippen LogP contribution in [0.5, 0.6) is 0 Å². The summed E-state index contributed by atoms with van der Waals surface area (Å²) in [5, 5.41) is 9.97. The Morgan fingerprint density at radius 3 is 2.71 bits per heavy atom. The van der Waals surface area contributed by atoms with Gasteiger partial charge < -0.3 is 15.4 Å². The maximum absolute atomic E-state index is 5.36. The summed E-state index contributed by atoms with van der Waals surface area (Å²) in [4.78, 5) is 11.2. The number of halogens is 1. The topological polar surface area (TPSA) is 61.8 Å². The van der Waals surface area contributed by atoms with Crippen molar-refractivity contribution in [3.05, 3.63) is 16.1 Å². The molecule has 1 aliphatic heterocycles. The Morgan fingerprint density at radius 1 is 1.29 bits per heavy atom.